The summed E-state index contributed by atoms with van der Waals surface area (Å²) in [4.78, 5) is 15.7. The van der Waals surface area contributed by atoms with Crippen LogP contribution in [0.3, 0.4) is 0 Å². The minimum Gasteiger partial charge on any atom is -0.274 e. The highest BCUT2D eigenvalue weighted by atomic mass is 16.6. The summed E-state index contributed by atoms with van der Waals surface area (Å²) in [6.45, 7) is 4.77. The fourth-order valence-electron chi connectivity index (χ4n) is 1.02. The van der Waals surface area contributed by atoms with E-state index < -0.39 is 0 Å². The summed E-state index contributed by atoms with van der Waals surface area (Å²) in [5.41, 5.74) is 2.46. The zero-order valence-electron chi connectivity index (χ0n) is 6.44. The summed E-state index contributed by atoms with van der Waals surface area (Å²) >= 11 is 0. The van der Waals surface area contributed by atoms with E-state index in [1.165, 1.54) is 0 Å². The van der Waals surface area contributed by atoms with Crippen LogP contribution in [0, 0.1) is 5.41 Å². The van der Waals surface area contributed by atoms with E-state index in [1.807, 2.05) is 0 Å². The van der Waals surface area contributed by atoms with Crippen LogP contribution < -0.4 is 5.48 Å². The lowest BCUT2D eigenvalue weighted by molar-refractivity contribution is -0.132. The Morgan fingerprint density at radius 2 is 2.30 bits per heavy atom. The smallest absolute Gasteiger partial charge is 0.244 e. The average Bonchev–Trinajstić information content (AvgIpc) is 1.90. The molecular formula is C7H13NO2. The van der Waals surface area contributed by atoms with Crippen LogP contribution in [0.5, 0.6) is 0 Å². The minimum atomic E-state index is -0.0116. The van der Waals surface area contributed by atoms with E-state index in [0.717, 1.165) is 6.42 Å². The summed E-state index contributed by atoms with van der Waals surface area (Å²) in [7, 11) is 0. The number of rotatable bonds is 0. The predicted octanol–water partition coefficient (Wildman–Crippen LogP) is 0.854. The van der Waals surface area contributed by atoms with Gasteiger partial charge >= 0.3 is 0 Å². The van der Waals surface area contributed by atoms with Gasteiger partial charge < -0.3 is 0 Å². The third-order valence-electron chi connectivity index (χ3n) is 1.71. The summed E-state index contributed by atoms with van der Waals surface area (Å²) in [6.07, 6.45) is 1.50. The van der Waals surface area contributed by atoms with E-state index in [4.69, 9.17) is 4.84 Å². The topological polar surface area (TPSA) is 38.3 Å². The Bertz CT molecular complexity index is 143. The van der Waals surface area contributed by atoms with Crippen LogP contribution in [0.15, 0.2) is 0 Å². The predicted molar refractivity (Wildman–Crippen MR) is 37.1 cm³/mol. The van der Waals surface area contributed by atoms with Gasteiger partial charge in [-0.15, -0.1) is 0 Å². The van der Waals surface area contributed by atoms with Crippen LogP contribution in [0.4, 0.5) is 0 Å². The molecule has 1 fully saturated rings. The third kappa shape index (κ3) is 1.99. The molecule has 1 amide bonds. The molecule has 1 saturated heterocycles. The Morgan fingerprint density at radius 3 is 3.00 bits per heavy atom. The van der Waals surface area contributed by atoms with E-state index in [-0.39, 0.29) is 11.3 Å². The Labute approximate surface area is 60.7 Å². The standard InChI is InChI=1S/C7H13NO2/c1-7(2)3-4-10-8-6(9)5-7/h3-5H2,1-2H3,(H,8,9). The highest BCUT2D eigenvalue weighted by Gasteiger charge is 2.24. The number of hydrogen-bond acceptors (Lipinski definition) is 2. The van der Waals surface area contributed by atoms with Gasteiger partial charge in [0.2, 0.25) is 5.91 Å². The van der Waals surface area contributed by atoms with E-state index in [9.17, 15) is 4.79 Å². The maximum atomic E-state index is 10.9. The van der Waals surface area contributed by atoms with Crippen LogP contribution in [0.1, 0.15) is 26.7 Å². The molecule has 0 bridgehead atoms. The monoisotopic (exact) mass is 143 g/mol. The van der Waals surface area contributed by atoms with Crippen LogP contribution >= 0.6 is 0 Å². The molecule has 0 saturated carbocycles. The number of hydroxylamine groups is 1. The second-order valence-corrected chi connectivity index (χ2v) is 3.46. The zero-order valence-corrected chi connectivity index (χ0v) is 6.44. The van der Waals surface area contributed by atoms with Gasteiger partial charge in [-0.05, 0) is 11.8 Å². The fourth-order valence-corrected chi connectivity index (χ4v) is 1.02. The minimum absolute atomic E-state index is 0.0116. The first-order chi connectivity index (χ1) is 4.60. The van der Waals surface area contributed by atoms with Gasteiger partial charge in [-0.2, -0.15) is 0 Å². The molecule has 1 heterocycles. The quantitative estimate of drug-likeness (QED) is 0.546. The zero-order chi connectivity index (χ0) is 7.61. The van der Waals surface area contributed by atoms with E-state index in [1.54, 1.807) is 0 Å². The van der Waals surface area contributed by atoms with Crippen LogP contribution in [-0.2, 0) is 9.63 Å². The molecule has 58 valence electrons. The van der Waals surface area contributed by atoms with Gasteiger partial charge in [-0.3, -0.25) is 9.63 Å². The van der Waals surface area contributed by atoms with Gasteiger partial charge in [-0.1, -0.05) is 13.8 Å². The molecule has 0 unspecified atom stereocenters. The molecule has 1 rings (SSSR count). The van der Waals surface area contributed by atoms with Crippen molar-refractivity contribution < 1.29 is 9.63 Å². The number of carbonyl (C=O) groups excluding carboxylic acids is 1. The molecule has 3 nitrogen and oxygen atoms in total. The Balaban J connectivity index is 2.54. The molecule has 1 aliphatic heterocycles. The van der Waals surface area contributed by atoms with Crippen molar-refractivity contribution in [1.29, 1.82) is 0 Å². The molecule has 10 heavy (non-hydrogen) atoms. The van der Waals surface area contributed by atoms with Crippen molar-refractivity contribution in [3.8, 4) is 0 Å². The average molecular weight is 143 g/mol. The highest BCUT2D eigenvalue weighted by Crippen LogP contribution is 2.25. The molecule has 0 aromatic carbocycles. The van der Waals surface area contributed by atoms with Crippen molar-refractivity contribution in [3.63, 3.8) is 0 Å². The Kier molecular flexibility index (Phi) is 1.94. The van der Waals surface area contributed by atoms with Crippen LogP contribution in [0.25, 0.3) is 0 Å². The van der Waals surface area contributed by atoms with Crippen molar-refractivity contribution in [2.75, 3.05) is 6.61 Å². The molecule has 0 atom stereocenters. The van der Waals surface area contributed by atoms with Crippen molar-refractivity contribution in [2.45, 2.75) is 26.7 Å². The van der Waals surface area contributed by atoms with Gasteiger partial charge in [-0.25, -0.2) is 5.48 Å². The van der Waals surface area contributed by atoms with Crippen molar-refractivity contribution in [2.24, 2.45) is 5.41 Å². The molecule has 1 N–H and O–H groups in total. The fraction of sp³-hybridized carbons (Fsp3) is 0.857. The molecule has 0 spiro atoms. The first-order valence-electron chi connectivity index (χ1n) is 3.51. The summed E-state index contributed by atoms with van der Waals surface area (Å²) < 4.78 is 0. The molecule has 3 heteroatoms. The van der Waals surface area contributed by atoms with Crippen molar-refractivity contribution in [1.82, 2.24) is 5.48 Å². The highest BCUT2D eigenvalue weighted by molar-refractivity contribution is 5.75. The Hall–Kier alpha value is -0.570. The lowest BCUT2D eigenvalue weighted by atomic mass is 9.86. The lowest BCUT2D eigenvalue weighted by Crippen LogP contribution is -2.23. The van der Waals surface area contributed by atoms with Gasteiger partial charge in [0.1, 0.15) is 0 Å². The van der Waals surface area contributed by atoms with Crippen molar-refractivity contribution in [3.05, 3.63) is 0 Å². The maximum absolute atomic E-state index is 10.9. The van der Waals surface area contributed by atoms with Gasteiger partial charge in [0.05, 0.1) is 6.61 Å². The summed E-state index contributed by atoms with van der Waals surface area (Å²) in [5, 5.41) is 0. The number of nitrogens with one attached hydrogen (secondary N) is 1. The first kappa shape index (κ1) is 7.54. The van der Waals surface area contributed by atoms with Crippen molar-refractivity contribution >= 4 is 5.91 Å². The van der Waals surface area contributed by atoms with Crippen LogP contribution in [0.2, 0.25) is 0 Å². The number of amides is 1. The van der Waals surface area contributed by atoms with Gasteiger partial charge in [0, 0.05) is 6.42 Å². The largest absolute Gasteiger partial charge is 0.274 e. The molecule has 0 aromatic heterocycles. The van der Waals surface area contributed by atoms with Gasteiger partial charge in [0.25, 0.3) is 0 Å². The SMILES string of the molecule is CC1(C)CCONC(=O)C1. The van der Waals surface area contributed by atoms with E-state index >= 15 is 0 Å². The molecular weight excluding hydrogens is 130 g/mol. The van der Waals surface area contributed by atoms with Crippen LogP contribution in [-0.4, -0.2) is 12.5 Å². The van der Waals surface area contributed by atoms with E-state index in [0.29, 0.717) is 13.0 Å². The lowest BCUT2D eigenvalue weighted by Gasteiger charge is -2.18. The third-order valence-corrected chi connectivity index (χ3v) is 1.71. The summed E-state index contributed by atoms with van der Waals surface area (Å²) in [6, 6.07) is 0. The normalized spacial score (nSPS) is 25.2. The molecule has 1 aliphatic rings. The Morgan fingerprint density at radius 1 is 1.60 bits per heavy atom. The first-order valence-corrected chi connectivity index (χ1v) is 3.51. The van der Waals surface area contributed by atoms with E-state index in [2.05, 4.69) is 19.3 Å². The number of hydrogen-bond donors (Lipinski definition) is 1. The summed E-state index contributed by atoms with van der Waals surface area (Å²) in [5.74, 6) is -0.0116. The molecule has 0 aliphatic carbocycles. The van der Waals surface area contributed by atoms with Gasteiger partial charge in [0.15, 0.2) is 0 Å². The second-order valence-electron chi connectivity index (χ2n) is 3.46. The molecule has 0 aromatic rings. The second kappa shape index (κ2) is 2.58. The molecule has 0 radical (unpaired) electrons. The number of carbonyl (C=O) groups is 1. The maximum Gasteiger partial charge on any atom is 0.244 e.